The Hall–Kier alpha value is -6.03. The van der Waals surface area contributed by atoms with Crippen molar-refractivity contribution >= 4 is 127 Å². The SMILES string of the molecule is CC(=O)C(N=Nc1cc(C(=O)Nc2ccc(CCCl)cc2)ccc1Cl)C(=O)Nc1ccc(NC(=O)C(N=Nc2cc(C(=O)Nc3ccc(CCCl)cc3)ccc2Cl)C(C)=O)c(C(C)Cl)c1. The summed E-state index contributed by atoms with van der Waals surface area (Å²) < 4.78 is 0. The Balaban J connectivity index is 1.26. The molecule has 0 heterocycles. The number of hydrogen-bond acceptors (Lipinski definition) is 10. The number of anilines is 4. The highest BCUT2D eigenvalue weighted by molar-refractivity contribution is 6.33. The number of alkyl halides is 3. The highest BCUT2D eigenvalue weighted by Crippen LogP contribution is 2.32. The van der Waals surface area contributed by atoms with Crippen LogP contribution in [0.3, 0.4) is 0 Å². The number of nitrogens with one attached hydrogen (secondary N) is 4. The quantitative estimate of drug-likeness (QED) is 0.0360. The van der Waals surface area contributed by atoms with E-state index < -0.39 is 52.7 Å². The zero-order valence-corrected chi connectivity index (χ0v) is 38.8. The fourth-order valence-corrected chi connectivity index (χ4v) is 6.89. The predicted octanol–water partition coefficient (Wildman–Crippen LogP) is 11.7. The van der Waals surface area contributed by atoms with Crippen LogP contribution >= 0.6 is 58.0 Å². The molecule has 0 aliphatic rings. The van der Waals surface area contributed by atoms with Gasteiger partial charge in [-0.2, -0.15) is 20.5 Å². The molecule has 3 atom stereocenters. The number of carbonyl (C=O) groups excluding carboxylic acids is 6. The molecule has 0 aliphatic carbocycles. The lowest BCUT2D eigenvalue weighted by molar-refractivity contribution is -0.127. The smallest absolute Gasteiger partial charge is 0.258 e. The zero-order chi connectivity index (χ0) is 47.2. The van der Waals surface area contributed by atoms with Gasteiger partial charge in [-0.25, -0.2) is 0 Å². The normalized spacial score (nSPS) is 12.6. The second kappa shape index (κ2) is 23.8. The molecule has 0 fully saturated rings. The van der Waals surface area contributed by atoms with E-state index in [0.717, 1.165) is 25.0 Å². The van der Waals surface area contributed by atoms with Crippen molar-refractivity contribution in [3.05, 3.63) is 141 Å². The Bertz CT molecular complexity index is 2640. The Morgan fingerprint density at radius 1 is 0.538 bits per heavy atom. The van der Waals surface area contributed by atoms with E-state index in [1.54, 1.807) is 31.2 Å². The Kier molecular flexibility index (Phi) is 18.3. The summed E-state index contributed by atoms with van der Waals surface area (Å²) in [5, 5.41) is 26.4. The summed E-state index contributed by atoms with van der Waals surface area (Å²) in [4.78, 5) is 78.2. The molecule has 0 saturated carbocycles. The number of nitrogens with zero attached hydrogens (tertiary/aromatic N) is 4. The second-order valence-corrected chi connectivity index (χ2v) is 16.6. The summed E-state index contributed by atoms with van der Waals surface area (Å²) in [6.45, 7) is 3.94. The number of aryl methyl sites for hydroxylation is 2. The maximum absolute atomic E-state index is 13.5. The van der Waals surface area contributed by atoms with Crippen molar-refractivity contribution < 1.29 is 28.8 Å². The average Bonchev–Trinajstić information content (AvgIpc) is 3.26. The van der Waals surface area contributed by atoms with Gasteiger partial charge in [0.2, 0.25) is 12.1 Å². The fraction of sp³-hybridized carbons (Fsp3) is 0.217. The van der Waals surface area contributed by atoms with Crippen LogP contribution in [-0.2, 0) is 32.0 Å². The highest BCUT2D eigenvalue weighted by atomic mass is 35.5. The minimum atomic E-state index is -1.63. The van der Waals surface area contributed by atoms with E-state index in [2.05, 4.69) is 41.7 Å². The van der Waals surface area contributed by atoms with Gasteiger partial charge in [-0.3, -0.25) is 28.8 Å². The first-order valence-corrected chi connectivity index (χ1v) is 22.1. The van der Waals surface area contributed by atoms with Crippen molar-refractivity contribution in [1.29, 1.82) is 0 Å². The molecule has 4 N–H and O–H groups in total. The maximum atomic E-state index is 13.5. The molecule has 0 bridgehead atoms. The van der Waals surface area contributed by atoms with Gasteiger partial charge in [0.25, 0.3) is 23.6 Å². The molecule has 5 aromatic rings. The summed E-state index contributed by atoms with van der Waals surface area (Å²) in [5.74, 6) is -2.96. The van der Waals surface area contributed by atoms with Crippen LogP contribution in [0.4, 0.5) is 34.1 Å². The first kappa shape index (κ1) is 50.0. The molecule has 14 nitrogen and oxygen atoms in total. The molecule has 65 heavy (non-hydrogen) atoms. The van der Waals surface area contributed by atoms with Gasteiger partial charge in [-0.15, -0.1) is 34.8 Å². The van der Waals surface area contributed by atoms with Crippen LogP contribution in [0.15, 0.2) is 124 Å². The van der Waals surface area contributed by atoms with E-state index in [1.807, 2.05) is 24.3 Å². The average molecular weight is 979 g/mol. The van der Waals surface area contributed by atoms with Crippen LogP contribution < -0.4 is 21.3 Å². The van der Waals surface area contributed by atoms with Crippen LogP contribution in [0.25, 0.3) is 0 Å². The summed E-state index contributed by atoms with van der Waals surface area (Å²) in [6, 6.07) is 24.1. The topological polar surface area (TPSA) is 200 Å². The van der Waals surface area contributed by atoms with Gasteiger partial charge in [0, 0.05) is 45.6 Å². The Morgan fingerprint density at radius 3 is 1.35 bits per heavy atom. The number of rotatable bonds is 19. The minimum Gasteiger partial charge on any atom is -0.324 e. The van der Waals surface area contributed by atoms with Gasteiger partial charge in [-0.1, -0.05) is 47.5 Å². The van der Waals surface area contributed by atoms with Gasteiger partial charge in [0.05, 0.1) is 15.4 Å². The molecule has 0 radical (unpaired) electrons. The third-order valence-electron chi connectivity index (χ3n) is 9.44. The number of amides is 4. The van der Waals surface area contributed by atoms with Gasteiger partial charge in [-0.05, 0) is 129 Å². The number of azo groups is 2. The van der Waals surface area contributed by atoms with Crippen molar-refractivity contribution in [2.45, 2.75) is 51.1 Å². The Morgan fingerprint density at radius 2 is 0.954 bits per heavy atom. The van der Waals surface area contributed by atoms with Crippen molar-refractivity contribution in [2.75, 3.05) is 33.0 Å². The molecule has 0 aliphatic heterocycles. The van der Waals surface area contributed by atoms with E-state index in [-0.39, 0.29) is 43.9 Å². The van der Waals surface area contributed by atoms with E-state index in [0.29, 0.717) is 41.5 Å². The van der Waals surface area contributed by atoms with Crippen LogP contribution in [0.2, 0.25) is 10.0 Å². The molecule has 0 aromatic heterocycles. The summed E-state index contributed by atoms with van der Waals surface area (Å²) in [7, 11) is 0. The molecular formula is C46H41Cl5N8O6. The van der Waals surface area contributed by atoms with Gasteiger partial charge < -0.3 is 21.3 Å². The first-order chi connectivity index (χ1) is 31.1. The van der Waals surface area contributed by atoms with Crippen LogP contribution in [-0.4, -0.2) is 59.0 Å². The number of hydrogen-bond donors (Lipinski definition) is 4. The number of Topliss-reactive ketones (excluding diaryl/α,β-unsaturated/α-hetero) is 2. The molecule has 336 valence electrons. The second-order valence-electron chi connectivity index (χ2n) is 14.4. The number of carbonyl (C=O) groups is 6. The predicted molar refractivity (Wildman–Crippen MR) is 256 cm³/mol. The Labute approximate surface area is 399 Å². The molecular weight excluding hydrogens is 938 g/mol. The summed E-state index contributed by atoms with van der Waals surface area (Å²) >= 11 is 30.8. The molecule has 0 saturated heterocycles. The minimum absolute atomic E-state index is 0.0369. The summed E-state index contributed by atoms with van der Waals surface area (Å²) in [6.07, 6.45) is 1.38. The van der Waals surface area contributed by atoms with Crippen molar-refractivity contribution in [3.63, 3.8) is 0 Å². The fourth-order valence-electron chi connectivity index (χ4n) is 5.97. The van der Waals surface area contributed by atoms with Crippen LogP contribution in [0.5, 0.6) is 0 Å². The summed E-state index contributed by atoms with van der Waals surface area (Å²) in [5.41, 5.74) is 4.32. The van der Waals surface area contributed by atoms with Gasteiger partial charge >= 0.3 is 0 Å². The molecule has 0 spiro atoms. The van der Waals surface area contributed by atoms with E-state index in [9.17, 15) is 28.8 Å². The van der Waals surface area contributed by atoms with Crippen molar-refractivity contribution in [2.24, 2.45) is 20.5 Å². The molecule has 4 amide bonds. The number of benzene rings is 5. The lowest BCUT2D eigenvalue weighted by Gasteiger charge is -2.17. The van der Waals surface area contributed by atoms with E-state index >= 15 is 0 Å². The van der Waals surface area contributed by atoms with Crippen LogP contribution in [0.1, 0.15) is 63.6 Å². The lowest BCUT2D eigenvalue weighted by Crippen LogP contribution is -2.32. The molecule has 19 heteroatoms. The molecule has 5 aromatic carbocycles. The van der Waals surface area contributed by atoms with E-state index in [1.165, 1.54) is 54.6 Å². The van der Waals surface area contributed by atoms with E-state index in [4.69, 9.17) is 58.0 Å². The zero-order valence-electron chi connectivity index (χ0n) is 35.0. The maximum Gasteiger partial charge on any atom is 0.258 e. The number of ketones is 2. The highest BCUT2D eigenvalue weighted by Gasteiger charge is 2.27. The van der Waals surface area contributed by atoms with Gasteiger partial charge in [0.1, 0.15) is 11.4 Å². The molecule has 5 rings (SSSR count). The standard InChI is InChI=1S/C46H41Cl5N8O6/c1-25(49)35-24-34(54-45(64)41(26(2)60)58-56-39-22-30(8-15-36(39)50)43(62)52-32-10-4-28(5-11-32)18-20-47)14-17-38(35)55-46(65)42(27(3)61)59-57-40-23-31(9-16-37(40)51)44(63)53-33-12-6-29(7-13-33)19-21-48/h4-17,22-25,41-42H,18-21H2,1-3H3,(H,52,62)(H,53,63)(H,54,64)(H,55,65). The van der Waals surface area contributed by atoms with Crippen LogP contribution in [0, 0.1) is 0 Å². The number of halogens is 5. The van der Waals surface area contributed by atoms with Gasteiger partial charge in [0.15, 0.2) is 11.6 Å². The van der Waals surface area contributed by atoms with Crippen molar-refractivity contribution in [1.82, 2.24) is 0 Å². The van der Waals surface area contributed by atoms with Crippen molar-refractivity contribution in [3.8, 4) is 0 Å². The lowest BCUT2D eigenvalue weighted by atomic mass is 10.1. The monoisotopic (exact) mass is 976 g/mol. The third kappa shape index (κ3) is 14.2. The largest absolute Gasteiger partial charge is 0.324 e. The first-order valence-electron chi connectivity index (χ1n) is 19.8. The molecule has 3 unspecified atom stereocenters. The third-order valence-corrected chi connectivity index (χ3v) is 10.7.